The Hall–Kier alpha value is -2.19. The van der Waals surface area contributed by atoms with Crippen molar-refractivity contribution < 1.29 is 28.5 Å². The molecule has 3 heterocycles. The molecule has 0 spiro atoms. The van der Waals surface area contributed by atoms with E-state index in [1.807, 2.05) is 36.4 Å². The predicted octanol–water partition coefficient (Wildman–Crippen LogP) is 0.0530. The van der Waals surface area contributed by atoms with Crippen molar-refractivity contribution >= 4 is 16.6 Å². The molecular formula is C20H21IN4O. The van der Waals surface area contributed by atoms with E-state index in [-0.39, 0.29) is 29.5 Å². The fourth-order valence-corrected chi connectivity index (χ4v) is 3.18. The van der Waals surface area contributed by atoms with Crippen molar-refractivity contribution in [2.45, 2.75) is 6.54 Å². The molecule has 5 nitrogen and oxygen atoms in total. The van der Waals surface area contributed by atoms with Crippen molar-refractivity contribution in [1.29, 1.82) is 0 Å². The minimum Gasteiger partial charge on any atom is -1.00 e. The summed E-state index contributed by atoms with van der Waals surface area (Å²) in [6.07, 6.45) is 2.06. The van der Waals surface area contributed by atoms with Crippen molar-refractivity contribution in [3.63, 3.8) is 0 Å². The van der Waals surface area contributed by atoms with Gasteiger partial charge in [0.25, 0.3) is 0 Å². The van der Waals surface area contributed by atoms with Crippen LogP contribution in [0.1, 0.15) is 5.69 Å². The van der Waals surface area contributed by atoms with Crippen molar-refractivity contribution in [2.75, 3.05) is 21.1 Å². The standard InChI is InChI=1S/C20H20N4O.HI/c1-24(2,3)13-17-20(22-18-6-4-5-11-23(17)18)15-7-9-16-14(12-15)8-10-19(25)21-16;/h4-12H,13H2,1-3H3;1H. The van der Waals surface area contributed by atoms with Crippen molar-refractivity contribution in [1.82, 2.24) is 14.4 Å². The summed E-state index contributed by atoms with van der Waals surface area (Å²) >= 11 is 0. The lowest BCUT2D eigenvalue weighted by Crippen LogP contribution is -3.00. The van der Waals surface area contributed by atoms with Crippen molar-refractivity contribution in [2.24, 2.45) is 0 Å². The number of hydrogen-bond acceptors (Lipinski definition) is 2. The molecule has 0 bridgehead atoms. The Morgan fingerprint density at radius 2 is 1.88 bits per heavy atom. The molecule has 134 valence electrons. The number of nitrogens with zero attached hydrogens (tertiary/aromatic N) is 3. The van der Waals surface area contributed by atoms with Gasteiger partial charge in [0.2, 0.25) is 5.56 Å². The summed E-state index contributed by atoms with van der Waals surface area (Å²) in [7, 11) is 6.53. The molecule has 1 aromatic carbocycles. The first-order valence-electron chi connectivity index (χ1n) is 8.31. The van der Waals surface area contributed by atoms with E-state index in [1.165, 1.54) is 5.69 Å². The first kappa shape index (κ1) is 18.6. The van der Waals surface area contributed by atoms with Gasteiger partial charge in [0.05, 0.1) is 26.8 Å². The van der Waals surface area contributed by atoms with Gasteiger partial charge < -0.3 is 33.4 Å². The van der Waals surface area contributed by atoms with Crippen LogP contribution in [0, 0.1) is 0 Å². The molecule has 0 amide bonds. The maximum absolute atomic E-state index is 11.5. The smallest absolute Gasteiger partial charge is 0.248 e. The Morgan fingerprint density at radius 3 is 2.65 bits per heavy atom. The van der Waals surface area contributed by atoms with Gasteiger partial charge >= 0.3 is 0 Å². The highest BCUT2D eigenvalue weighted by Crippen LogP contribution is 2.28. The molecule has 0 aliphatic carbocycles. The SMILES string of the molecule is C[N+](C)(C)Cc1c(-c2ccc3[nH]c(=O)ccc3c2)nc2ccccn12.[I-]. The van der Waals surface area contributed by atoms with E-state index in [1.54, 1.807) is 6.07 Å². The number of aromatic nitrogens is 3. The van der Waals surface area contributed by atoms with E-state index in [2.05, 4.69) is 42.8 Å². The third kappa shape index (κ3) is 3.52. The number of imidazole rings is 1. The minimum absolute atomic E-state index is 0. The van der Waals surface area contributed by atoms with Crippen LogP contribution in [0.2, 0.25) is 0 Å². The number of nitrogens with one attached hydrogen (secondary N) is 1. The van der Waals surface area contributed by atoms with Gasteiger partial charge in [0.15, 0.2) is 0 Å². The van der Waals surface area contributed by atoms with Gasteiger partial charge in [-0.25, -0.2) is 4.98 Å². The van der Waals surface area contributed by atoms with E-state index in [9.17, 15) is 4.79 Å². The Bertz CT molecular complexity index is 1140. The van der Waals surface area contributed by atoms with Crippen LogP contribution in [0.25, 0.3) is 27.8 Å². The van der Waals surface area contributed by atoms with Crippen molar-refractivity contribution in [3.8, 4) is 11.3 Å². The quantitative estimate of drug-likeness (QED) is 0.347. The molecule has 0 saturated heterocycles. The predicted molar refractivity (Wildman–Crippen MR) is 100 cm³/mol. The number of quaternary nitrogens is 1. The Labute approximate surface area is 168 Å². The Kier molecular flexibility index (Phi) is 4.90. The zero-order chi connectivity index (χ0) is 17.6. The molecule has 3 aromatic heterocycles. The van der Waals surface area contributed by atoms with Crippen LogP contribution in [0.5, 0.6) is 0 Å². The minimum atomic E-state index is -0.0845. The second-order valence-corrected chi connectivity index (χ2v) is 7.41. The molecule has 4 aromatic rings. The molecule has 0 fully saturated rings. The Morgan fingerprint density at radius 1 is 1.08 bits per heavy atom. The highest BCUT2D eigenvalue weighted by atomic mass is 127. The first-order chi connectivity index (χ1) is 11.9. The molecule has 0 atom stereocenters. The lowest BCUT2D eigenvalue weighted by atomic mass is 10.1. The third-order valence-corrected chi connectivity index (χ3v) is 4.25. The number of pyridine rings is 2. The molecule has 0 unspecified atom stereocenters. The monoisotopic (exact) mass is 460 g/mol. The van der Waals surface area contributed by atoms with Crippen LogP contribution in [-0.2, 0) is 6.54 Å². The molecule has 0 radical (unpaired) electrons. The van der Waals surface area contributed by atoms with Gasteiger partial charge in [0, 0.05) is 23.3 Å². The zero-order valence-electron chi connectivity index (χ0n) is 15.0. The highest BCUT2D eigenvalue weighted by molar-refractivity contribution is 5.84. The molecular weight excluding hydrogens is 439 g/mol. The number of fused-ring (bicyclic) bond motifs is 2. The summed E-state index contributed by atoms with van der Waals surface area (Å²) in [6.45, 7) is 0.865. The normalized spacial score (nSPS) is 11.7. The maximum atomic E-state index is 11.5. The van der Waals surface area contributed by atoms with Gasteiger partial charge in [-0.05, 0) is 35.7 Å². The van der Waals surface area contributed by atoms with E-state index < -0.39 is 0 Å². The van der Waals surface area contributed by atoms with E-state index in [0.717, 1.165) is 38.8 Å². The lowest BCUT2D eigenvalue weighted by Gasteiger charge is -2.24. The number of halogens is 1. The average molecular weight is 460 g/mol. The topological polar surface area (TPSA) is 50.2 Å². The van der Waals surface area contributed by atoms with Crippen LogP contribution >= 0.6 is 0 Å². The van der Waals surface area contributed by atoms with Gasteiger partial charge in [-0.1, -0.05) is 12.1 Å². The van der Waals surface area contributed by atoms with E-state index >= 15 is 0 Å². The Balaban J connectivity index is 0.00000196. The summed E-state index contributed by atoms with van der Waals surface area (Å²) < 4.78 is 2.98. The fourth-order valence-electron chi connectivity index (χ4n) is 3.18. The summed E-state index contributed by atoms with van der Waals surface area (Å²) in [5.74, 6) is 0. The lowest BCUT2D eigenvalue weighted by molar-refractivity contribution is -0.884. The van der Waals surface area contributed by atoms with Crippen LogP contribution in [0.3, 0.4) is 0 Å². The highest BCUT2D eigenvalue weighted by Gasteiger charge is 2.20. The number of hydrogen-bond donors (Lipinski definition) is 1. The molecule has 26 heavy (non-hydrogen) atoms. The second kappa shape index (κ2) is 6.85. The van der Waals surface area contributed by atoms with Crippen LogP contribution in [0.15, 0.2) is 59.5 Å². The largest absolute Gasteiger partial charge is 1.00 e. The van der Waals surface area contributed by atoms with Gasteiger partial charge in [0.1, 0.15) is 17.9 Å². The molecule has 4 rings (SSSR count). The van der Waals surface area contributed by atoms with Crippen LogP contribution < -0.4 is 29.5 Å². The maximum Gasteiger partial charge on any atom is 0.248 e. The molecule has 0 aliphatic heterocycles. The van der Waals surface area contributed by atoms with Gasteiger partial charge in [-0.3, -0.25) is 9.20 Å². The van der Waals surface area contributed by atoms with Gasteiger partial charge in [-0.15, -0.1) is 0 Å². The molecule has 0 saturated carbocycles. The summed E-state index contributed by atoms with van der Waals surface area (Å²) in [6, 6.07) is 15.5. The molecule has 0 aliphatic rings. The summed E-state index contributed by atoms with van der Waals surface area (Å²) in [5.41, 5.74) is 4.94. The summed E-state index contributed by atoms with van der Waals surface area (Å²) in [4.78, 5) is 19.2. The van der Waals surface area contributed by atoms with Crippen molar-refractivity contribution in [3.05, 3.63) is 70.8 Å². The average Bonchev–Trinajstić information content (AvgIpc) is 2.91. The molecule has 6 heteroatoms. The zero-order valence-corrected chi connectivity index (χ0v) is 17.2. The van der Waals surface area contributed by atoms with E-state index in [0.29, 0.717) is 0 Å². The summed E-state index contributed by atoms with van der Waals surface area (Å²) in [5, 5.41) is 1.00. The third-order valence-electron chi connectivity index (χ3n) is 4.25. The number of aromatic amines is 1. The van der Waals surface area contributed by atoms with Crippen LogP contribution in [0.4, 0.5) is 0 Å². The number of H-pyrrole nitrogens is 1. The molecule has 1 N–H and O–H groups in total. The number of benzene rings is 1. The second-order valence-electron chi connectivity index (χ2n) is 7.41. The van der Waals surface area contributed by atoms with E-state index in [4.69, 9.17) is 4.98 Å². The first-order valence-corrected chi connectivity index (χ1v) is 8.31. The fraction of sp³-hybridized carbons (Fsp3) is 0.200. The van der Waals surface area contributed by atoms with Gasteiger partial charge in [-0.2, -0.15) is 0 Å². The number of rotatable bonds is 3. The van der Waals surface area contributed by atoms with Crippen LogP contribution in [-0.4, -0.2) is 40.0 Å².